The van der Waals surface area contributed by atoms with Gasteiger partial charge in [-0.1, -0.05) is 18.2 Å². The van der Waals surface area contributed by atoms with Crippen molar-refractivity contribution in [3.8, 4) is 0 Å². The average molecular weight is 338 g/mol. The number of ether oxygens (including phenoxy) is 2. The number of hydrogen-bond donors (Lipinski definition) is 0. The van der Waals surface area contributed by atoms with Crippen LogP contribution in [-0.2, 0) is 14.3 Å². The summed E-state index contributed by atoms with van der Waals surface area (Å²) in [7, 11) is 1.37. The first-order chi connectivity index (χ1) is 11.2. The lowest BCUT2D eigenvalue weighted by atomic mass is 9.87. The number of hydrogen-bond acceptors (Lipinski definition) is 5. The topological polar surface area (TPSA) is 55.8 Å². The van der Waals surface area contributed by atoms with Crippen molar-refractivity contribution in [3.63, 3.8) is 0 Å². The molecule has 4 atom stereocenters. The van der Waals surface area contributed by atoms with Crippen molar-refractivity contribution in [2.45, 2.75) is 37.5 Å². The average Bonchev–Trinajstić information content (AvgIpc) is 2.88. The number of esters is 2. The fourth-order valence-corrected chi connectivity index (χ4v) is 4.17. The molecule has 0 aromatic heterocycles. The number of nitrogens with zero attached hydrogens (tertiary/aromatic N) is 1. The summed E-state index contributed by atoms with van der Waals surface area (Å²) < 4.78 is 10.6. The molecule has 124 valence electrons. The summed E-state index contributed by atoms with van der Waals surface area (Å²) in [6.07, 6.45) is 1.98. The fourth-order valence-electron chi connectivity index (χ4n) is 3.80. The lowest BCUT2D eigenvalue weighted by Crippen LogP contribution is -2.54. The van der Waals surface area contributed by atoms with Crippen molar-refractivity contribution in [1.29, 1.82) is 0 Å². The van der Waals surface area contributed by atoms with Crippen molar-refractivity contribution < 1.29 is 19.1 Å². The Morgan fingerprint density at radius 3 is 2.65 bits per heavy atom. The van der Waals surface area contributed by atoms with Gasteiger partial charge in [0.25, 0.3) is 0 Å². The Hall–Kier alpha value is -1.59. The summed E-state index contributed by atoms with van der Waals surface area (Å²) in [4.78, 5) is 26.7. The van der Waals surface area contributed by atoms with Crippen LogP contribution >= 0.6 is 11.6 Å². The largest absolute Gasteiger partial charge is 0.469 e. The maximum absolute atomic E-state index is 12.3. The number of carbonyl (C=O) groups excluding carboxylic acids is 2. The van der Waals surface area contributed by atoms with Crippen LogP contribution in [0.4, 0.5) is 0 Å². The Morgan fingerprint density at radius 1 is 1.26 bits per heavy atom. The van der Waals surface area contributed by atoms with E-state index in [1.54, 1.807) is 24.3 Å². The molecule has 4 unspecified atom stereocenters. The number of fused-ring (bicyclic) bond motifs is 2. The van der Waals surface area contributed by atoms with Crippen LogP contribution in [0.2, 0.25) is 0 Å². The Labute approximate surface area is 140 Å². The first-order valence-corrected chi connectivity index (χ1v) is 8.34. The predicted octanol–water partition coefficient (Wildman–Crippen LogP) is 2.43. The molecule has 2 aliphatic rings. The van der Waals surface area contributed by atoms with E-state index in [1.807, 2.05) is 6.07 Å². The lowest BCUT2D eigenvalue weighted by molar-refractivity contribution is -0.156. The zero-order chi connectivity index (χ0) is 16.4. The van der Waals surface area contributed by atoms with E-state index in [4.69, 9.17) is 21.1 Å². The van der Waals surface area contributed by atoms with Crippen molar-refractivity contribution in [2.24, 2.45) is 5.92 Å². The lowest BCUT2D eigenvalue weighted by Gasteiger charge is -2.41. The normalized spacial score (nSPS) is 30.0. The van der Waals surface area contributed by atoms with Crippen LogP contribution in [-0.4, -0.2) is 48.1 Å². The molecular formula is C17H20ClNO4. The highest BCUT2D eigenvalue weighted by Crippen LogP contribution is 2.41. The molecule has 0 N–H and O–H groups in total. The maximum Gasteiger partial charge on any atom is 0.338 e. The summed E-state index contributed by atoms with van der Waals surface area (Å²) in [6, 6.07) is 9.44. The molecule has 0 radical (unpaired) electrons. The molecule has 23 heavy (non-hydrogen) atoms. The number of rotatable bonds is 4. The number of alkyl halides is 1. The molecule has 0 spiro atoms. The molecule has 2 heterocycles. The van der Waals surface area contributed by atoms with E-state index >= 15 is 0 Å². The third kappa shape index (κ3) is 3.08. The molecule has 0 saturated carbocycles. The van der Waals surface area contributed by atoms with E-state index in [0.717, 1.165) is 12.8 Å². The SMILES string of the molecule is COC(=O)C1C(OC(=O)c2ccccc2)CC2CCC1N2CCl. The van der Waals surface area contributed by atoms with E-state index in [1.165, 1.54) is 7.11 Å². The van der Waals surface area contributed by atoms with Gasteiger partial charge in [-0.3, -0.25) is 9.69 Å². The molecule has 2 fully saturated rings. The molecule has 0 amide bonds. The summed E-state index contributed by atoms with van der Waals surface area (Å²) >= 11 is 6.04. The standard InChI is InChI=1S/C17H20ClNO4/c1-22-17(21)15-13-8-7-12(19(13)10-18)9-14(15)23-16(20)11-5-3-2-4-6-11/h2-6,12-15H,7-10H2,1H3. The highest BCUT2D eigenvalue weighted by Gasteiger charge is 2.52. The van der Waals surface area contributed by atoms with Gasteiger partial charge < -0.3 is 9.47 Å². The Balaban J connectivity index is 1.80. The zero-order valence-corrected chi connectivity index (χ0v) is 13.7. The van der Waals surface area contributed by atoms with Crippen molar-refractivity contribution >= 4 is 23.5 Å². The molecular weight excluding hydrogens is 318 g/mol. The van der Waals surface area contributed by atoms with Gasteiger partial charge in [-0.05, 0) is 25.0 Å². The van der Waals surface area contributed by atoms with Gasteiger partial charge in [0.05, 0.1) is 18.7 Å². The Bertz CT molecular complexity index is 579. The highest BCUT2D eigenvalue weighted by atomic mass is 35.5. The van der Waals surface area contributed by atoms with Gasteiger partial charge in [0, 0.05) is 18.5 Å². The van der Waals surface area contributed by atoms with Gasteiger partial charge in [-0.25, -0.2) is 4.79 Å². The number of piperidine rings is 1. The Kier molecular flexibility index (Phi) is 4.87. The van der Waals surface area contributed by atoms with E-state index < -0.39 is 18.0 Å². The third-order valence-electron chi connectivity index (χ3n) is 4.89. The second kappa shape index (κ2) is 6.89. The molecule has 2 saturated heterocycles. The van der Waals surface area contributed by atoms with Crippen LogP contribution in [0.3, 0.4) is 0 Å². The predicted molar refractivity (Wildman–Crippen MR) is 85.1 cm³/mol. The Morgan fingerprint density at radius 2 is 2.00 bits per heavy atom. The van der Waals surface area contributed by atoms with Crippen molar-refractivity contribution in [1.82, 2.24) is 4.90 Å². The first-order valence-electron chi connectivity index (χ1n) is 7.81. The minimum Gasteiger partial charge on any atom is -0.469 e. The third-order valence-corrected chi connectivity index (χ3v) is 5.17. The molecule has 0 aliphatic carbocycles. The molecule has 2 aliphatic heterocycles. The number of methoxy groups -OCH3 is 1. The van der Waals surface area contributed by atoms with Gasteiger partial charge in [-0.2, -0.15) is 0 Å². The summed E-state index contributed by atoms with van der Waals surface area (Å²) in [5.41, 5.74) is 0.489. The molecule has 3 rings (SSSR count). The number of benzene rings is 1. The quantitative estimate of drug-likeness (QED) is 0.480. The fraction of sp³-hybridized carbons (Fsp3) is 0.529. The minimum absolute atomic E-state index is 0.0210. The van der Waals surface area contributed by atoms with Crippen molar-refractivity contribution in [3.05, 3.63) is 35.9 Å². The van der Waals surface area contributed by atoms with Crippen LogP contribution in [0.25, 0.3) is 0 Å². The van der Waals surface area contributed by atoms with E-state index in [-0.39, 0.29) is 18.1 Å². The number of halogens is 1. The smallest absolute Gasteiger partial charge is 0.338 e. The van der Waals surface area contributed by atoms with Crippen LogP contribution in [0.1, 0.15) is 29.6 Å². The van der Waals surface area contributed by atoms with Crippen molar-refractivity contribution in [2.75, 3.05) is 13.1 Å². The highest BCUT2D eigenvalue weighted by molar-refractivity contribution is 6.17. The van der Waals surface area contributed by atoms with Gasteiger partial charge in [0.15, 0.2) is 0 Å². The summed E-state index contributed by atoms with van der Waals surface area (Å²) in [5, 5.41) is 0. The monoisotopic (exact) mass is 337 g/mol. The summed E-state index contributed by atoms with van der Waals surface area (Å²) in [6.45, 7) is 0. The van der Waals surface area contributed by atoms with Crippen LogP contribution in [0, 0.1) is 5.92 Å². The van der Waals surface area contributed by atoms with Crippen LogP contribution < -0.4 is 0 Å². The van der Waals surface area contributed by atoms with Gasteiger partial charge >= 0.3 is 11.9 Å². The zero-order valence-electron chi connectivity index (χ0n) is 13.0. The molecule has 2 bridgehead atoms. The summed E-state index contributed by atoms with van der Waals surface area (Å²) in [5.74, 6) is -1.22. The van der Waals surface area contributed by atoms with Gasteiger partial charge in [0.2, 0.25) is 0 Å². The second-order valence-corrected chi connectivity index (χ2v) is 6.27. The number of carbonyl (C=O) groups is 2. The molecule has 5 nitrogen and oxygen atoms in total. The van der Waals surface area contributed by atoms with E-state index in [9.17, 15) is 9.59 Å². The van der Waals surface area contributed by atoms with E-state index in [2.05, 4.69) is 4.90 Å². The van der Waals surface area contributed by atoms with Crippen LogP contribution in [0.15, 0.2) is 30.3 Å². The minimum atomic E-state index is -0.481. The molecule has 6 heteroatoms. The molecule has 1 aromatic rings. The van der Waals surface area contributed by atoms with E-state index in [0.29, 0.717) is 18.0 Å². The van der Waals surface area contributed by atoms with Crippen LogP contribution in [0.5, 0.6) is 0 Å². The second-order valence-electron chi connectivity index (χ2n) is 6.03. The maximum atomic E-state index is 12.3. The molecule has 1 aromatic carbocycles. The van der Waals surface area contributed by atoms with Gasteiger partial charge in [-0.15, -0.1) is 11.6 Å². The van der Waals surface area contributed by atoms with Gasteiger partial charge in [0.1, 0.15) is 12.0 Å². The first kappa shape index (κ1) is 16.3.